The van der Waals surface area contributed by atoms with Crippen LogP contribution < -0.4 is 5.73 Å². The van der Waals surface area contributed by atoms with Crippen LogP contribution in [0.3, 0.4) is 0 Å². The van der Waals surface area contributed by atoms with Crippen LogP contribution in [-0.2, 0) is 15.7 Å². The molecule has 114 valence electrons. The number of halogens is 5. The van der Waals surface area contributed by atoms with E-state index in [2.05, 4.69) is 4.74 Å². The molecule has 0 spiro atoms. The Morgan fingerprint density at radius 1 is 1.40 bits per heavy atom. The predicted molar refractivity (Wildman–Crippen MR) is 66.8 cm³/mol. The van der Waals surface area contributed by atoms with Crippen molar-refractivity contribution in [1.82, 2.24) is 0 Å². The zero-order valence-corrected chi connectivity index (χ0v) is 11.4. The molecule has 0 heterocycles. The number of carbonyl (C=O) groups excluding carboxylic acids is 1. The molecule has 0 saturated heterocycles. The molecule has 0 aliphatic rings. The summed E-state index contributed by atoms with van der Waals surface area (Å²) < 4.78 is 56.1. The standard InChI is InChI=1S/C12H13F4NO2.ClH/c1-2-19-10(18)6-9(17)7-4-3-5-8(13)11(7)12(14,15)16;/h3-5,9H,2,6,17H2,1H3;1H/t9-;/m1./s1. The van der Waals surface area contributed by atoms with Gasteiger partial charge >= 0.3 is 12.1 Å². The molecule has 3 nitrogen and oxygen atoms in total. The van der Waals surface area contributed by atoms with Gasteiger partial charge < -0.3 is 10.5 Å². The first-order valence-electron chi connectivity index (χ1n) is 5.54. The summed E-state index contributed by atoms with van der Waals surface area (Å²) in [6.07, 6.45) is -5.31. The lowest BCUT2D eigenvalue weighted by Crippen LogP contribution is -2.22. The van der Waals surface area contributed by atoms with E-state index in [4.69, 9.17) is 5.73 Å². The fourth-order valence-electron chi connectivity index (χ4n) is 1.66. The Balaban J connectivity index is 0.00000361. The highest BCUT2D eigenvalue weighted by Crippen LogP contribution is 2.36. The number of carbonyl (C=O) groups is 1. The van der Waals surface area contributed by atoms with Gasteiger partial charge in [0.05, 0.1) is 18.6 Å². The van der Waals surface area contributed by atoms with Crippen LogP contribution in [0.2, 0.25) is 0 Å². The molecule has 0 aromatic heterocycles. The summed E-state index contributed by atoms with van der Waals surface area (Å²) in [5, 5.41) is 0. The molecule has 0 unspecified atom stereocenters. The quantitative estimate of drug-likeness (QED) is 0.685. The first kappa shape index (κ1) is 18.7. The molecule has 0 bridgehead atoms. The van der Waals surface area contributed by atoms with Crippen LogP contribution in [0.15, 0.2) is 18.2 Å². The number of ether oxygens (including phenoxy) is 1. The van der Waals surface area contributed by atoms with Gasteiger partial charge in [-0.25, -0.2) is 4.39 Å². The lowest BCUT2D eigenvalue weighted by molar-refractivity contribution is -0.145. The molecule has 1 atom stereocenters. The Kier molecular flexibility index (Phi) is 6.95. The predicted octanol–water partition coefficient (Wildman–Crippen LogP) is 3.22. The lowest BCUT2D eigenvalue weighted by atomic mass is 9.98. The van der Waals surface area contributed by atoms with Gasteiger partial charge in [0.2, 0.25) is 0 Å². The summed E-state index contributed by atoms with van der Waals surface area (Å²) in [5.41, 5.74) is 3.63. The van der Waals surface area contributed by atoms with Gasteiger partial charge in [0, 0.05) is 6.04 Å². The van der Waals surface area contributed by atoms with Crippen LogP contribution in [0.1, 0.15) is 30.5 Å². The number of hydrogen-bond donors (Lipinski definition) is 1. The normalized spacial score (nSPS) is 12.5. The first-order valence-corrected chi connectivity index (χ1v) is 5.54. The molecule has 8 heteroatoms. The Hall–Kier alpha value is -1.34. The van der Waals surface area contributed by atoms with Crippen molar-refractivity contribution < 1.29 is 27.1 Å². The third-order valence-corrected chi connectivity index (χ3v) is 2.42. The van der Waals surface area contributed by atoms with E-state index >= 15 is 0 Å². The van der Waals surface area contributed by atoms with Gasteiger partial charge in [-0.1, -0.05) is 12.1 Å². The summed E-state index contributed by atoms with van der Waals surface area (Å²) in [6, 6.07) is 1.59. The summed E-state index contributed by atoms with van der Waals surface area (Å²) in [5.74, 6) is -2.14. The molecule has 0 amide bonds. The van der Waals surface area contributed by atoms with Gasteiger partial charge in [0.15, 0.2) is 0 Å². The van der Waals surface area contributed by atoms with Gasteiger partial charge in [0.1, 0.15) is 5.82 Å². The molecule has 1 rings (SSSR count). The Morgan fingerprint density at radius 3 is 2.50 bits per heavy atom. The minimum absolute atomic E-state index is 0. The maximum Gasteiger partial charge on any atom is 0.419 e. The fraction of sp³-hybridized carbons (Fsp3) is 0.417. The SMILES string of the molecule is CCOC(=O)C[C@@H](N)c1cccc(F)c1C(F)(F)F.Cl. The van der Waals surface area contributed by atoms with Crippen molar-refractivity contribution in [3.05, 3.63) is 35.1 Å². The summed E-state index contributed by atoms with van der Waals surface area (Å²) >= 11 is 0. The smallest absolute Gasteiger partial charge is 0.419 e. The highest BCUT2D eigenvalue weighted by atomic mass is 35.5. The van der Waals surface area contributed by atoms with Gasteiger partial charge in [-0.3, -0.25) is 4.79 Å². The minimum atomic E-state index is -4.87. The molecule has 1 aromatic carbocycles. The zero-order chi connectivity index (χ0) is 14.6. The Bertz CT molecular complexity index is 465. The molecular weight excluding hydrogens is 302 g/mol. The van der Waals surface area contributed by atoms with Crippen molar-refractivity contribution in [3.8, 4) is 0 Å². The number of alkyl halides is 3. The number of benzene rings is 1. The van der Waals surface area contributed by atoms with Crippen LogP contribution in [0, 0.1) is 5.82 Å². The monoisotopic (exact) mass is 315 g/mol. The maximum atomic E-state index is 13.3. The average molecular weight is 316 g/mol. The minimum Gasteiger partial charge on any atom is -0.466 e. The van der Waals surface area contributed by atoms with Gasteiger partial charge in [-0.2, -0.15) is 13.2 Å². The summed E-state index contributed by atoms with van der Waals surface area (Å²) in [4.78, 5) is 11.2. The maximum absolute atomic E-state index is 13.3. The first-order chi connectivity index (χ1) is 8.77. The largest absolute Gasteiger partial charge is 0.466 e. The third-order valence-electron chi connectivity index (χ3n) is 2.42. The fourth-order valence-corrected chi connectivity index (χ4v) is 1.66. The number of esters is 1. The second kappa shape index (κ2) is 7.44. The van der Waals surface area contributed by atoms with Crippen LogP contribution in [0.5, 0.6) is 0 Å². The number of hydrogen-bond acceptors (Lipinski definition) is 3. The molecule has 0 aliphatic heterocycles. The van der Waals surface area contributed by atoms with Crippen LogP contribution in [-0.4, -0.2) is 12.6 Å². The highest BCUT2D eigenvalue weighted by molar-refractivity contribution is 5.85. The second-order valence-corrected chi connectivity index (χ2v) is 3.82. The average Bonchev–Trinajstić information content (AvgIpc) is 2.27. The molecule has 2 N–H and O–H groups in total. The van der Waals surface area contributed by atoms with E-state index in [9.17, 15) is 22.4 Å². The topological polar surface area (TPSA) is 52.3 Å². The molecular formula is C12H14ClF4NO2. The van der Waals surface area contributed by atoms with E-state index < -0.39 is 41.6 Å². The van der Waals surface area contributed by atoms with Gasteiger partial charge in [-0.05, 0) is 18.6 Å². The van der Waals surface area contributed by atoms with Crippen molar-refractivity contribution in [2.75, 3.05) is 6.61 Å². The van der Waals surface area contributed by atoms with E-state index in [1.54, 1.807) is 6.92 Å². The molecule has 0 fully saturated rings. The van der Waals surface area contributed by atoms with Gasteiger partial charge in [0.25, 0.3) is 0 Å². The van der Waals surface area contributed by atoms with Crippen LogP contribution in [0.25, 0.3) is 0 Å². The number of nitrogens with two attached hydrogens (primary N) is 1. The highest BCUT2D eigenvalue weighted by Gasteiger charge is 2.38. The van der Waals surface area contributed by atoms with Crippen molar-refractivity contribution in [3.63, 3.8) is 0 Å². The second-order valence-electron chi connectivity index (χ2n) is 3.82. The van der Waals surface area contributed by atoms with Crippen LogP contribution in [0.4, 0.5) is 17.6 Å². The van der Waals surface area contributed by atoms with E-state index in [1.165, 1.54) is 0 Å². The van der Waals surface area contributed by atoms with Crippen molar-refractivity contribution in [1.29, 1.82) is 0 Å². The van der Waals surface area contributed by atoms with E-state index in [1.807, 2.05) is 0 Å². The van der Waals surface area contributed by atoms with Crippen molar-refractivity contribution in [2.24, 2.45) is 5.73 Å². The van der Waals surface area contributed by atoms with Gasteiger partial charge in [-0.15, -0.1) is 12.4 Å². The lowest BCUT2D eigenvalue weighted by Gasteiger charge is -2.18. The number of rotatable bonds is 4. The Morgan fingerprint density at radius 2 is 2.00 bits per heavy atom. The molecule has 20 heavy (non-hydrogen) atoms. The van der Waals surface area contributed by atoms with E-state index in [0.29, 0.717) is 6.07 Å². The molecule has 0 saturated carbocycles. The zero-order valence-electron chi connectivity index (χ0n) is 10.5. The van der Waals surface area contributed by atoms with Crippen molar-refractivity contribution in [2.45, 2.75) is 25.6 Å². The van der Waals surface area contributed by atoms with Crippen LogP contribution >= 0.6 is 12.4 Å². The van der Waals surface area contributed by atoms with E-state index in [0.717, 1.165) is 12.1 Å². The third kappa shape index (κ3) is 4.64. The Labute approximate surface area is 119 Å². The van der Waals surface area contributed by atoms with Crippen molar-refractivity contribution >= 4 is 18.4 Å². The summed E-state index contributed by atoms with van der Waals surface area (Å²) in [6.45, 7) is 1.66. The summed E-state index contributed by atoms with van der Waals surface area (Å²) in [7, 11) is 0. The molecule has 0 aliphatic carbocycles. The molecule has 0 radical (unpaired) electrons. The molecule has 1 aromatic rings. The van der Waals surface area contributed by atoms with E-state index in [-0.39, 0.29) is 19.0 Å².